The minimum absolute atomic E-state index is 0.0108. The number of benzene rings is 1. The number of fused-ring (bicyclic) bond motifs is 1. The molecule has 0 spiro atoms. The van der Waals surface area contributed by atoms with E-state index in [-0.39, 0.29) is 12.2 Å². The number of hydrogen-bond acceptors (Lipinski definition) is 3. The lowest BCUT2D eigenvalue weighted by Crippen LogP contribution is -2.47. The van der Waals surface area contributed by atoms with E-state index in [1.165, 1.54) is 0 Å². The molecular formula is C21H20BrFN2O. The van der Waals surface area contributed by atoms with Crippen molar-refractivity contribution in [1.82, 2.24) is 4.98 Å². The normalized spacial score (nSPS) is 26.8. The number of rotatable bonds is 1. The van der Waals surface area contributed by atoms with Gasteiger partial charge in [0.2, 0.25) is 0 Å². The van der Waals surface area contributed by atoms with Crippen LogP contribution in [0.3, 0.4) is 0 Å². The lowest BCUT2D eigenvalue weighted by molar-refractivity contribution is -0.119. The van der Waals surface area contributed by atoms with Gasteiger partial charge in [-0.2, -0.15) is 0 Å². The van der Waals surface area contributed by atoms with Crippen molar-refractivity contribution < 1.29 is 9.18 Å². The Labute approximate surface area is 160 Å². The number of anilines is 1. The maximum absolute atomic E-state index is 15.4. The molecule has 134 valence electrons. The third-order valence-corrected chi connectivity index (χ3v) is 6.10. The minimum Gasteiger partial charge on any atom is -0.341 e. The van der Waals surface area contributed by atoms with Crippen LogP contribution in [-0.2, 0) is 10.2 Å². The van der Waals surface area contributed by atoms with Gasteiger partial charge < -0.3 is 5.32 Å². The van der Waals surface area contributed by atoms with Crippen LogP contribution in [-0.4, -0.2) is 16.9 Å². The highest BCUT2D eigenvalue weighted by atomic mass is 79.9. The molecule has 5 heteroatoms. The van der Waals surface area contributed by atoms with E-state index < -0.39 is 17.0 Å². The molecule has 1 aromatic heterocycles. The van der Waals surface area contributed by atoms with Crippen LogP contribution >= 0.6 is 15.9 Å². The number of carbonyl (C=O) groups is 1. The quantitative estimate of drug-likeness (QED) is 0.699. The second-order valence-electron chi connectivity index (χ2n) is 7.90. The third-order valence-electron chi connectivity index (χ3n) is 5.61. The van der Waals surface area contributed by atoms with Crippen molar-refractivity contribution >= 4 is 27.5 Å². The molecule has 2 unspecified atom stereocenters. The van der Waals surface area contributed by atoms with E-state index in [2.05, 4.69) is 26.2 Å². The summed E-state index contributed by atoms with van der Waals surface area (Å²) in [5.41, 5.74) is 1.20. The molecule has 0 saturated carbocycles. The van der Waals surface area contributed by atoms with Crippen LogP contribution in [0.5, 0.6) is 0 Å². The summed E-state index contributed by atoms with van der Waals surface area (Å²) in [6.07, 6.45) is 0.618. The lowest BCUT2D eigenvalue weighted by atomic mass is 9.61. The third kappa shape index (κ3) is 2.37. The molecule has 0 fully saturated rings. The van der Waals surface area contributed by atoms with Crippen LogP contribution in [0.2, 0.25) is 0 Å². The summed E-state index contributed by atoms with van der Waals surface area (Å²) in [5, 5.41) is 3.14. The lowest BCUT2D eigenvalue weighted by Gasteiger charge is -2.46. The predicted molar refractivity (Wildman–Crippen MR) is 104 cm³/mol. The maximum Gasteiger partial charge on any atom is 0.162 e. The Hall–Kier alpha value is -2.01. The van der Waals surface area contributed by atoms with Crippen molar-refractivity contribution in [3.05, 3.63) is 69.5 Å². The smallest absolute Gasteiger partial charge is 0.162 e. The molecule has 2 aliphatic rings. The summed E-state index contributed by atoms with van der Waals surface area (Å²) in [6, 6.07) is 11.7. The fourth-order valence-electron chi connectivity index (χ4n) is 4.20. The average molecular weight is 415 g/mol. The fourth-order valence-corrected chi connectivity index (χ4v) is 4.60. The molecule has 1 aromatic carbocycles. The average Bonchev–Trinajstić information content (AvgIpc) is 2.59. The number of halogens is 2. The number of Topliss-reactive ketones (excluding diaryl/α,β-unsaturated/α-hetero) is 1. The minimum atomic E-state index is -1.25. The van der Waals surface area contributed by atoms with Gasteiger partial charge in [0.1, 0.15) is 12.0 Å². The van der Waals surface area contributed by atoms with E-state index in [1.54, 1.807) is 20.0 Å². The SMILES string of the molecule is CC1(c2cccc(Br)c2)C2=C(Nc3ncccc31)C(F)C(C)(C)CC2=O. The largest absolute Gasteiger partial charge is 0.341 e. The summed E-state index contributed by atoms with van der Waals surface area (Å²) in [5.74, 6) is 0.602. The topological polar surface area (TPSA) is 42.0 Å². The van der Waals surface area contributed by atoms with Crippen molar-refractivity contribution in [3.8, 4) is 0 Å². The Balaban J connectivity index is 2.05. The Morgan fingerprint density at radius 2 is 2.00 bits per heavy atom. The fraction of sp³-hybridized carbons (Fsp3) is 0.333. The molecule has 0 bridgehead atoms. The highest BCUT2D eigenvalue weighted by Crippen LogP contribution is 2.52. The molecule has 3 nitrogen and oxygen atoms in total. The summed E-state index contributed by atoms with van der Waals surface area (Å²) in [6.45, 7) is 5.59. The van der Waals surface area contributed by atoms with Gasteiger partial charge in [-0.3, -0.25) is 4.79 Å². The van der Waals surface area contributed by atoms with E-state index in [0.29, 0.717) is 17.1 Å². The molecule has 2 atom stereocenters. The van der Waals surface area contributed by atoms with Gasteiger partial charge in [0.25, 0.3) is 0 Å². The highest BCUT2D eigenvalue weighted by Gasteiger charge is 2.52. The number of allylic oxidation sites excluding steroid dienone is 2. The molecule has 26 heavy (non-hydrogen) atoms. The number of nitrogens with zero attached hydrogens (tertiary/aromatic N) is 1. The number of nitrogens with one attached hydrogen (secondary N) is 1. The van der Waals surface area contributed by atoms with Gasteiger partial charge in [0, 0.05) is 33.6 Å². The number of pyridine rings is 1. The van der Waals surface area contributed by atoms with Gasteiger partial charge in [0.15, 0.2) is 5.78 Å². The van der Waals surface area contributed by atoms with E-state index >= 15 is 4.39 Å². The maximum atomic E-state index is 15.4. The number of alkyl halides is 1. The van der Waals surface area contributed by atoms with E-state index in [0.717, 1.165) is 15.6 Å². The number of hydrogen-bond donors (Lipinski definition) is 1. The molecule has 4 rings (SSSR count). The van der Waals surface area contributed by atoms with Gasteiger partial charge >= 0.3 is 0 Å². The standard InChI is InChI=1S/C21H20BrFN2O/c1-20(2)11-15(26)16-17(18(20)23)25-19-14(8-5-9-24-19)21(16,3)12-6-4-7-13(22)10-12/h4-10,18H,11H2,1-3H3,(H,24,25). The van der Waals surface area contributed by atoms with Crippen LogP contribution < -0.4 is 5.32 Å². The van der Waals surface area contributed by atoms with Crippen LogP contribution in [0.25, 0.3) is 0 Å². The molecular weight excluding hydrogens is 395 g/mol. The Morgan fingerprint density at radius 3 is 2.73 bits per heavy atom. The Kier molecular flexibility index (Phi) is 3.85. The molecule has 1 N–H and O–H groups in total. The van der Waals surface area contributed by atoms with Gasteiger partial charge in [-0.1, -0.05) is 48.0 Å². The second-order valence-corrected chi connectivity index (χ2v) is 8.82. The van der Waals surface area contributed by atoms with Crippen LogP contribution in [0, 0.1) is 5.41 Å². The first-order valence-electron chi connectivity index (χ1n) is 8.65. The summed E-state index contributed by atoms with van der Waals surface area (Å²) < 4.78 is 16.3. The molecule has 1 aliphatic carbocycles. The van der Waals surface area contributed by atoms with Crippen molar-refractivity contribution in [2.45, 2.75) is 38.8 Å². The predicted octanol–water partition coefficient (Wildman–Crippen LogP) is 5.17. The van der Waals surface area contributed by atoms with Crippen molar-refractivity contribution in [3.63, 3.8) is 0 Å². The van der Waals surface area contributed by atoms with Crippen LogP contribution in [0.15, 0.2) is 58.3 Å². The van der Waals surface area contributed by atoms with Crippen molar-refractivity contribution in [2.75, 3.05) is 5.32 Å². The molecule has 0 saturated heterocycles. The van der Waals surface area contributed by atoms with Crippen molar-refractivity contribution in [2.24, 2.45) is 5.41 Å². The monoisotopic (exact) mass is 414 g/mol. The molecule has 2 aromatic rings. The Morgan fingerprint density at radius 1 is 1.23 bits per heavy atom. The molecule has 0 amide bonds. The first-order chi connectivity index (χ1) is 12.2. The Bertz CT molecular complexity index is 953. The number of ketones is 1. The van der Waals surface area contributed by atoms with Gasteiger partial charge in [-0.15, -0.1) is 0 Å². The number of carbonyl (C=O) groups excluding carboxylic acids is 1. The van der Waals surface area contributed by atoms with Crippen LogP contribution in [0.1, 0.15) is 38.3 Å². The first-order valence-corrected chi connectivity index (χ1v) is 9.45. The van der Waals surface area contributed by atoms with Gasteiger partial charge in [-0.05, 0) is 30.7 Å². The molecule has 0 radical (unpaired) electrons. The summed E-state index contributed by atoms with van der Waals surface area (Å²) in [4.78, 5) is 17.6. The zero-order valence-corrected chi connectivity index (χ0v) is 16.5. The summed E-state index contributed by atoms with van der Waals surface area (Å²) in [7, 11) is 0. The first kappa shape index (κ1) is 17.4. The summed E-state index contributed by atoms with van der Waals surface area (Å²) >= 11 is 3.52. The van der Waals surface area contributed by atoms with E-state index in [1.807, 2.05) is 43.3 Å². The molecule has 2 heterocycles. The molecule has 1 aliphatic heterocycles. The van der Waals surface area contributed by atoms with E-state index in [4.69, 9.17) is 0 Å². The number of aromatic nitrogens is 1. The van der Waals surface area contributed by atoms with Crippen LogP contribution in [0.4, 0.5) is 10.2 Å². The van der Waals surface area contributed by atoms with Gasteiger partial charge in [-0.25, -0.2) is 9.37 Å². The van der Waals surface area contributed by atoms with Gasteiger partial charge in [0.05, 0.1) is 11.1 Å². The highest BCUT2D eigenvalue weighted by molar-refractivity contribution is 9.10. The zero-order chi connectivity index (χ0) is 18.7. The van der Waals surface area contributed by atoms with Crippen molar-refractivity contribution in [1.29, 1.82) is 0 Å². The zero-order valence-electron chi connectivity index (χ0n) is 14.9. The second kappa shape index (κ2) is 5.74. The van der Waals surface area contributed by atoms with E-state index in [9.17, 15) is 4.79 Å².